The van der Waals surface area contributed by atoms with Gasteiger partial charge in [0.05, 0.1) is 18.6 Å². The minimum atomic E-state index is -3.61. The molecule has 2 aliphatic heterocycles. The predicted octanol–water partition coefficient (Wildman–Crippen LogP) is 3.34. The lowest BCUT2D eigenvalue weighted by atomic mass is 9.74. The van der Waals surface area contributed by atoms with Gasteiger partial charge in [0, 0.05) is 31.1 Å². The summed E-state index contributed by atoms with van der Waals surface area (Å²) in [7, 11) is -2.05. The standard InChI is InChI=1S/C25H32N2O4S/c1-3-6-19-7-9-20(10-8-19)25-23-17-26(15-4-5-16-27(23)24(25)18-28)32(29,30)22-13-11-21(31-2)12-14-22/h3,6-14,23-25,28H,4-5,15-18H2,1-2H3/b6-3+/t23-,24-,25+/m0/s1. The summed E-state index contributed by atoms with van der Waals surface area (Å²) in [5, 5.41) is 10.1. The van der Waals surface area contributed by atoms with Crippen molar-refractivity contribution in [1.29, 1.82) is 0 Å². The van der Waals surface area contributed by atoms with Crippen molar-refractivity contribution in [3.05, 3.63) is 65.7 Å². The van der Waals surface area contributed by atoms with Crippen molar-refractivity contribution in [2.75, 3.05) is 33.4 Å². The Bertz CT molecular complexity index is 1030. The topological polar surface area (TPSA) is 70.1 Å². The fourth-order valence-electron chi connectivity index (χ4n) is 5.05. The second kappa shape index (κ2) is 9.75. The summed E-state index contributed by atoms with van der Waals surface area (Å²) < 4.78 is 33.7. The lowest BCUT2D eigenvalue weighted by Gasteiger charge is -2.57. The summed E-state index contributed by atoms with van der Waals surface area (Å²) >= 11 is 0. The zero-order valence-corrected chi connectivity index (χ0v) is 19.5. The third-order valence-electron chi connectivity index (χ3n) is 6.71. The number of methoxy groups -OCH3 is 1. The Morgan fingerprint density at radius 1 is 1.06 bits per heavy atom. The van der Waals surface area contributed by atoms with Crippen molar-refractivity contribution in [2.45, 2.75) is 42.7 Å². The molecule has 1 N–H and O–H groups in total. The molecule has 172 valence electrons. The number of allylic oxidation sites excluding steroid dienone is 1. The summed E-state index contributed by atoms with van der Waals surface area (Å²) in [5.74, 6) is 0.736. The molecule has 0 radical (unpaired) electrons. The van der Waals surface area contributed by atoms with Crippen LogP contribution in [0.25, 0.3) is 6.08 Å². The Kier molecular flexibility index (Phi) is 7.00. The number of sulfonamides is 1. The van der Waals surface area contributed by atoms with E-state index in [1.54, 1.807) is 35.7 Å². The van der Waals surface area contributed by atoms with Gasteiger partial charge in [-0.05, 0) is 61.7 Å². The van der Waals surface area contributed by atoms with Gasteiger partial charge in [0.2, 0.25) is 10.0 Å². The Balaban J connectivity index is 1.61. The Labute approximate surface area is 191 Å². The molecule has 7 heteroatoms. The molecule has 0 aliphatic carbocycles. The van der Waals surface area contributed by atoms with Crippen LogP contribution in [0.3, 0.4) is 0 Å². The first-order valence-corrected chi connectivity index (χ1v) is 12.7. The number of hydrogen-bond donors (Lipinski definition) is 1. The van der Waals surface area contributed by atoms with Gasteiger partial charge in [-0.25, -0.2) is 8.42 Å². The van der Waals surface area contributed by atoms with Crippen molar-refractivity contribution >= 4 is 16.1 Å². The first kappa shape index (κ1) is 23.0. The van der Waals surface area contributed by atoms with Gasteiger partial charge in [-0.1, -0.05) is 36.4 Å². The van der Waals surface area contributed by atoms with Crippen LogP contribution in [0.1, 0.15) is 36.8 Å². The van der Waals surface area contributed by atoms with E-state index >= 15 is 0 Å². The fraction of sp³-hybridized carbons (Fsp3) is 0.440. The first-order valence-electron chi connectivity index (χ1n) is 11.2. The number of fused-ring (bicyclic) bond motifs is 1. The summed E-state index contributed by atoms with van der Waals surface area (Å²) in [4.78, 5) is 2.58. The molecule has 0 unspecified atom stereocenters. The van der Waals surface area contributed by atoms with Crippen LogP contribution < -0.4 is 4.74 Å². The van der Waals surface area contributed by atoms with E-state index in [0.29, 0.717) is 18.8 Å². The molecule has 0 amide bonds. The number of nitrogens with zero attached hydrogens (tertiary/aromatic N) is 2. The molecule has 0 spiro atoms. The molecule has 32 heavy (non-hydrogen) atoms. The number of aliphatic hydroxyl groups excluding tert-OH is 1. The molecule has 2 saturated heterocycles. The fourth-order valence-corrected chi connectivity index (χ4v) is 6.54. The molecule has 2 fully saturated rings. The largest absolute Gasteiger partial charge is 0.497 e. The van der Waals surface area contributed by atoms with E-state index in [4.69, 9.17) is 4.74 Å². The Morgan fingerprint density at radius 2 is 1.75 bits per heavy atom. The minimum absolute atomic E-state index is 0.0243. The van der Waals surface area contributed by atoms with Crippen LogP contribution in [0, 0.1) is 0 Å². The highest BCUT2D eigenvalue weighted by atomic mass is 32.2. The van der Waals surface area contributed by atoms with E-state index in [0.717, 1.165) is 30.5 Å². The molecule has 0 saturated carbocycles. The van der Waals surface area contributed by atoms with Gasteiger partial charge in [-0.3, -0.25) is 4.90 Å². The third kappa shape index (κ3) is 4.35. The summed E-state index contributed by atoms with van der Waals surface area (Å²) in [6.07, 6.45) is 5.78. The highest BCUT2D eigenvalue weighted by molar-refractivity contribution is 7.89. The van der Waals surface area contributed by atoms with Crippen LogP contribution in [0.5, 0.6) is 5.75 Å². The maximum atomic E-state index is 13.4. The number of rotatable bonds is 6. The summed E-state index contributed by atoms with van der Waals surface area (Å²) in [6.45, 7) is 3.88. The van der Waals surface area contributed by atoms with E-state index in [2.05, 4.69) is 35.2 Å². The number of aliphatic hydroxyl groups is 1. The van der Waals surface area contributed by atoms with Gasteiger partial charge in [0.25, 0.3) is 0 Å². The van der Waals surface area contributed by atoms with Gasteiger partial charge in [-0.15, -0.1) is 0 Å². The van der Waals surface area contributed by atoms with Crippen LogP contribution in [-0.4, -0.2) is 68.2 Å². The minimum Gasteiger partial charge on any atom is -0.497 e. The molecular weight excluding hydrogens is 424 g/mol. The van der Waals surface area contributed by atoms with Crippen LogP contribution in [-0.2, 0) is 10.0 Å². The third-order valence-corrected chi connectivity index (χ3v) is 8.59. The van der Waals surface area contributed by atoms with Gasteiger partial charge in [0.1, 0.15) is 5.75 Å². The molecular formula is C25H32N2O4S. The van der Waals surface area contributed by atoms with E-state index < -0.39 is 10.0 Å². The molecule has 2 aromatic carbocycles. The lowest BCUT2D eigenvalue weighted by molar-refractivity contribution is -0.0553. The summed E-state index contributed by atoms with van der Waals surface area (Å²) in [5.41, 5.74) is 2.29. The van der Waals surface area contributed by atoms with Crippen molar-refractivity contribution in [2.24, 2.45) is 0 Å². The maximum Gasteiger partial charge on any atom is 0.243 e. The average molecular weight is 457 g/mol. The molecule has 2 aliphatic rings. The summed E-state index contributed by atoms with van der Waals surface area (Å²) in [6, 6.07) is 15.1. The van der Waals surface area contributed by atoms with E-state index in [1.165, 1.54) is 0 Å². The van der Waals surface area contributed by atoms with Crippen LogP contribution in [0.15, 0.2) is 59.5 Å². The predicted molar refractivity (Wildman–Crippen MR) is 126 cm³/mol. The monoisotopic (exact) mass is 456 g/mol. The Hall–Kier alpha value is -2.19. The molecule has 0 bridgehead atoms. The molecule has 0 aromatic heterocycles. The highest BCUT2D eigenvalue weighted by Gasteiger charge is 2.50. The normalized spacial score (nSPS) is 25.0. The molecule has 3 atom stereocenters. The average Bonchev–Trinajstić information content (AvgIpc) is 2.79. The quantitative estimate of drug-likeness (QED) is 0.722. The van der Waals surface area contributed by atoms with Crippen molar-refractivity contribution in [1.82, 2.24) is 9.21 Å². The van der Waals surface area contributed by atoms with E-state index in [-0.39, 0.29) is 29.5 Å². The van der Waals surface area contributed by atoms with Crippen molar-refractivity contribution in [3.63, 3.8) is 0 Å². The smallest absolute Gasteiger partial charge is 0.243 e. The van der Waals surface area contributed by atoms with E-state index in [9.17, 15) is 13.5 Å². The van der Waals surface area contributed by atoms with Gasteiger partial charge in [0.15, 0.2) is 0 Å². The van der Waals surface area contributed by atoms with Gasteiger partial charge < -0.3 is 9.84 Å². The van der Waals surface area contributed by atoms with Crippen LogP contribution in [0.2, 0.25) is 0 Å². The number of ether oxygens (including phenoxy) is 1. The second-order valence-corrected chi connectivity index (χ2v) is 10.4. The Morgan fingerprint density at radius 3 is 2.38 bits per heavy atom. The van der Waals surface area contributed by atoms with Gasteiger partial charge >= 0.3 is 0 Å². The SMILES string of the molecule is C/C=C/c1ccc([C@H]2[C@H](CO)N3CCCCN(S(=O)(=O)c4ccc(OC)cc4)C[C@@H]23)cc1. The number of benzene rings is 2. The van der Waals surface area contributed by atoms with E-state index in [1.807, 2.05) is 13.0 Å². The van der Waals surface area contributed by atoms with Crippen LogP contribution >= 0.6 is 0 Å². The molecule has 2 aromatic rings. The molecule has 6 nitrogen and oxygen atoms in total. The number of hydrogen-bond acceptors (Lipinski definition) is 5. The molecule has 2 heterocycles. The highest BCUT2D eigenvalue weighted by Crippen LogP contribution is 2.42. The van der Waals surface area contributed by atoms with Crippen molar-refractivity contribution in [3.8, 4) is 5.75 Å². The zero-order chi connectivity index (χ0) is 22.7. The molecule has 4 rings (SSSR count). The maximum absolute atomic E-state index is 13.4. The van der Waals surface area contributed by atoms with Gasteiger partial charge in [-0.2, -0.15) is 4.31 Å². The van der Waals surface area contributed by atoms with Crippen molar-refractivity contribution < 1.29 is 18.3 Å². The lowest BCUT2D eigenvalue weighted by Crippen LogP contribution is -2.67. The first-order chi connectivity index (χ1) is 15.5. The zero-order valence-electron chi connectivity index (χ0n) is 18.7. The van der Waals surface area contributed by atoms with Crippen LogP contribution in [0.4, 0.5) is 0 Å². The second-order valence-electron chi connectivity index (χ2n) is 8.49.